The second-order valence-electron chi connectivity index (χ2n) is 9.52. The number of hydrogen-bond acceptors (Lipinski definition) is 5. The van der Waals surface area contributed by atoms with E-state index in [0.717, 1.165) is 13.1 Å². The molecule has 4 rings (SSSR count). The third-order valence-electron chi connectivity index (χ3n) is 6.38. The molecule has 1 saturated heterocycles. The molecule has 13 heteroatoms. The van der Waals surface area contributed by atoms with Gasteiger partial charge in [-0.2, -0.15) is 0 Å². The van der Waals surface area contributed by atoms with Crippen LogP contribution in [-0.2, 0) is 32.0 Å². The van der Waals surface area contributed by atoms with E-state index >= 15 is 0 Å². The van der Waals surface area contributed by atoms with E-state index in [4.69, 9.17) is 18.9 Å². The van der Waals surface area contributed by atoms with E-state index in [1.807, 2.05) is 26.0 Å². The molecule has 6 nitrogen and oxygen atoms in total. The van der Waals surface area contributed by atoms with Gasteiger partial charge in [-0.1, -0.05) is 60.7 Å². The van der Waals surface area contributed by atoms with Crippen molar-refractivity contribution in [1.82, 2.24) is 4.90 Å². The van der Waals surface area contributed by atoms with Gasteiger partial charge in [0.25, 0.3) is 0 Å². The number of hydrogen-bond donors (Lipinski definition) is 0. The number of ether oxygens (including phenoxy) is 4. The SMILES string of the molecule is CO[C@]1(C)O[C@@H]2CN(Cc3ccccc3)C=[N+](Cc3ccccc3)C[C@H]2O[C@@]1(C)OC.F[P-](F)(F)(F)(F)F. The molecule has 0 aromatic heterocycles. The Morgan fingerprint density at radius 2 is 1.26 bits per heavy atom. The Morgan fingerprint density at radius 1 is 0.816 bits per heavy atom. The first kappa shape index (κ1) is 30.3. The molecule has 38 heavy (non-hydrogen) atoms. The van der Waals surface area contributed by atoms with Crippen LogP contribution < -0.4 is 0 Å². The topological polar surface area (TPSA) is 43.2 Å². The Kier molecular flexibility index (Phi) is 8.28. The zero-order valence-corrected chi connectivity index (χ0v) is 22.5. The first-order valence-electron chi connectivity index (χ1n) is 11.8. The molecule has 0 spiro atoms. The predicted molar refractivity (Wildman–Crippen MR) is 132 cm³/mol. The van der Waals surface area contributed by atoms with Gasteiger partial charge in [0, 0.05) is 14.2 Å². The van der Waals surface area contributed by atoms with E-state index in [0.29, 0.717) is 13.1 Å². The number of methoxy groups -OCH3 is 2. The summed E-state index contributed by atoms with van der Waals surface area (Å²) in [5.41, 5.74) is 2.51. The minimum absolute atomic E-state index is 0.158. The van der Waals surface area contributed by atoms with Gasteiger partial charge in [0.15, 0.2) is 0 Å². The summed E-state index contributed by atoms with van der Waals surface area (Å²) >= 11 is 0. The summed E-state index contributed by atoms with van der Waals surface area (Å²) < 4.78 is 86.0. The third kappa shape index (κ3) is 9.20. The summed E-state index contributed by atoms with van der Waals surface area (Å²) in [5, 5.41) is 0. The molecule has 0 unspecified atom stereocenters. The maximum absolute atomic E-state index is 10.7. The molecule has 0 N–H and O–H groups in total. The standard InChI is InChI=1S/C25H33N2O4.F6P/c1-24(28-3)25(2,29-4)31-23-18-27(16-21-13-9-6-10-14-21)19-26(17-22(23)30-24)15-20-11-7-5-8-12-20;1-7(2,3,4,5)6/h5-14,19,22-23H,15-18H2,1-4H3;/q+1;-1/t22-,23-,24-,25-;/m1./s1. The Bertz CT molecular complexity index is 1100. The number of nitrogens with zero attached hydrogens (tertiary/aromatic N) is 2. The summed E-state index contributed by atoms with van der Waals surface area (Å²) in [6, 6.07) is 21.0. The number of rotatable bonds is 6. The average molecular weight is 571 g/mol. The summed E-state index contributed by atoms with van der Waals surface area (Å²) in [7, 11) is -7.39. The average Bonchev–Trinajstić information content (AvgIpc) is 2.96. The van der Waals surface area contributed by atoms with Crippen LogP contribution in [-0.4, -0.2) is 66.9 Å². The van der Waals surface area contributed by atoms with Gasteiger partial charge in [-0.05, 0) is 25.0 Å². The monoisotopic (exact) mass is 570 g/mol. The van der Waals surface area contributed by atoms with Crippen molar-refractivity contribution in [2.45, 2.75) is 50.7 Å². The van der Waals surface area contributed by atoms with Crippen LogP contribution in [0, 0.1) is 0 Å². The predicted octanol–water partition coefficient (Wildman–Crippen LogP) is 6.63. The van der Waals surface area contributed by atoms with Crippen molar-refractivity contribution in [2.24, 2.45) is 0 Å². The zero-order valence-electron chi connectivity index (χ0n) is 21.6. The first-order chi connectivity index (χ1) is 17.4. The molecule has 4 atom stereocenters. The quantitative estimate of drug-likeness (QED) is 0.222. The van der Waals surface area contributed by atoms with Gasteiger partial charge in [0.05, 0.1) is 0 Å². The zero-order chi connectivity index (χ0) is 28.3. The maximum atomic E-state index is 9.87. The molecular formula is C25H33F6N2O4P. The van der Waals surface area contributed by atoms with E-state index in [-0.39, 0.29) is 12.2 Å². The van der Waals surface area contributed by atoms with Gasteiger partial charge >= 0.3 is 33.0 Å². The molecule has 214 valence electrons. The van der Waals surface area contributed by atoms with Crippen molar-refractivity contribution in [3.05, 3.63) is 71.8 Å². The van der Waals surface area contributed by atoms with Gasteiger partial charge < -0.3 is 18.9 Å². The van der Waals surface area contributed by atoms with Crippen LogP contribution in [0.25, 0.3) is 0 Å². The van der Waals surface area contributed by atoms with Gasteiger partial charge in [0.1, 0.15) is 38.4 Å². The molecule has 2 aliphatic rings. The molecule has 2 aliphatic heterocycles. The van der Waals surface area contributed by atoms with Crippen molar-refractivity contribution >= 4 is 14.1 Å². The fourth-order valence-corrected chi connectivity index (χ4v) is 4.35. The van der Waals surface area contributed by atoms with Crippen LogP contribution in [0.2, 0.25) is 0 Å². The molecule has 0 saturated carbocycles. The van der Waals surface area contributed by atoms with Crippen molar-refractivity contribution in [2.75, 3.05) is 27.3 Å². The molecule has 2 aromatic rings. The fourth-order valence-electron chi connectivity index (χ4n) is 4.35. The first-order valence-corrected chi connectivity index (χ1v) is 13.9. The molecule has 0 bridgehead atoms. The van der Waals surface area contributed by atoms with Gasteiger partial charge in [-0.3, -0.25) is 9.48 Å². The van der Waals surface area contributed by atoms with E-state index < -0.39 is 19.4 Å². The number of fused-ring (bicyclic) bond motifs is 1. The molecule has 2 aromatic carbocycles. The number of benzene rings is 2. The Morgan fingerprint density at radius 3 is 1.74 bits per heavy atom. The third-order valence-corrected chi connectivity index (χ3v) is 6.38. The van der Waals surface area contributed by atoms with Crippen LogP contribution >= 0.6 is 7.81 Å². The second-order valence-corrected chi connectivity index (χ2v) is 11.4. The summed E-state index contributed by atoms with van der Waals surface area (Å²) in [4.78, 5) is 2.30. The van der Waals surface area contributed by atoms with Crippen LogP contribution in [0.5, 0.6) is 0 Å². The Labute approximate surface area is 218 Å². The molecule has 0 amide bonds. The molecule has 1 fully saturated rings. The fraction of sp³-hybridized carbons (Fsp3) is 0.480. The molecule has 0 aliphatic carbocycles. The van der Waals surface area contributed by atoms with Gasteiger partial charge in [-0.25, -0.2) is 0 Å². The summed E-state index contributed by atoms with van der Waals surface area (Å²) in [5.74, 6) is -2.01. The molecule has 2 heterocycles. The van der Waals surface area contributed by atoms with E-state index in [2.05, 4.69) is 64.3 Å². The Hall–Kier alpha value is -2.24. The summed E-state index contributed by atoms with van der Waals surface area (Å²) in [6.45, 7) is 6.75. The van der Waals surface area contributed by atoms with Crippen molar-refractivity contribution in [1.29, 1.82) is 0 Å². The van der Waals surface area contributed by atoms with Crippen molar-refractivity contribution < 1.29 is 48.7 Å². The Balaban J connectivity index is 0.000000505. The van der Waals surface area contributed by atoms with E-state index in [9.17, 15) is 25.2 Å². The van der Waals surface area contributed by atoms with Crippen LogP contribution in [0.4, 0.5) is 25.2 Å². The van der Waals surface area contributed by atoms with E-state index in [1.165, 1.54) is 11.1 Å². The second kappa shape index (κ2) is 10.4. The van der Waals surface area contributed by atoms with Crippen molar-refractivity contribution in [3.63, 3.8) is 0 Å². The molecular weight excluding hydrogens is 537 g/mol. The van der Waals surface area contributed by atoms with Crippen LogP contribution in [0.15, 0.2) is 60.7 Å². The van der Waals surface area contributed by atoms with Crippen molar-refractivity contribution in [3.8, 4) is 0 Å². The summed E-state index contributed by atoms with van der Waals surface area (Å²) in [6.07, 6.45) is 1.89. The van der Waals surface area contributed by atoms with Crippen LogP contribution in [0.3, 0.4) is 0 Å². The van der Waals surface area contributed by atoms with Crippen LogP contribution in [0.1, 0.15) is 25.0 Å². The van der Waals surface area contributed by atoms with E-state index in [1.54, 1.807) is 14.2 Å². The minimum atomic E-state index is -10.7. The van der Waals surface area contributed by atoms with Gasteiger partial charge in [-0.15, -0.1) is 0 Å². The number of halogens is 6. The van der Waals surface area contributed by atoms with Gasteiger partial charge in [0.2, 0.25) is 17.9 Å². The molecule has 0 radical (unpaired) electrons. The normalized spacial score (nSPS) is 29.5.